The normalized spacial score (nSPS) is 18.5. The minimum Gasteiger partial charge on any atom is -0.304 e. The molecule has 2 aliphatic rings. The smallest absolute Gasteiger partial charge is 0.0234 e. The topological polar surface area (TPSA) is 6.48 Å². The Labute approximate surface area is 127 Å². The van der Waals surface area contributed by atoms with E-state index in [0.29, 0.717) is 0 Å². The van der Waals surface area contributed by atoms with Crippen LogP contribution in [0.2, 0.25) is 0 Å². The zero-order valence-corrected chi connectivity index (χ0v) is 12.7. The molecule has 0 unspecified atom stereocenters. The fourth-order valence-corrected chi connectivity index (χ4v) is 3.56. The van der Waals surface area contributed by atoms with E-state index in [-0.39, 0.29) is 0 Å². The van der Waals surface area contributed by atoms with Crippen LogP contribution < -0.4 is 0 Å². The zero-order valence-electron chi connectivity index (χ0n) is 12.7. The molecule has 2 aromatic rings. The predicted octanol–water partition coefficient (Wildman–Crippen LogP) is 3.01. The molecule has 2 nitrogen and oxygen atoms in total. The van der Waals surface area contributed by atoms with Crippen molar-refractivity contribution in [2.24, 2.45) is 0 Å². The van der Waals surface area contributed by atoms with Crippen LogP contribution in [0.1, 0.15) is 16.7 Å². The summed E-state index contributed by atoms with van der Waals surface area (Å²) in [5, 5.41) is 0. The van der Waals surface area contributed by atoms with Crippen molar-refractivity contribution in [1.29, 1.82) is 0 Å². The summed E-state index contributed by atoms with van der Waals surface area (Å²) >= 11 is 0. The van der Waals surface area contributed by atoms with Crippen molar-refractivity contribution < 1.29 is 0 Å². The fourth-order valence-electron chi connectivity index (χ4n) is 3.56. The minimum absolute atomic E-state index is 1.09. The van der Waals surface area contributed by atoms with Crippen LogP contribution in [-0.2, 0) is 13.0 Å². The molecular formula is C19H22N2. The van der Waals surface area contributed by atoms with E-state index in [1.165, 1.54) is 54.0 Å². The van der Waals surface area contributed by atoms with Gasteiger partial charge in [0.2, 0.25) is 0 Å². The first-order valence-corrected chi connectivity index (χ1v) is 7.90. The predicted molar refractivity (Wildman–Crippen MR) is 87.5 cm³/mol. The van der Waals surface area contributed by atoms with Crippen LogP contribution in [0.15, 0.2) is 42.5 Å². The van der Waals surface area contributed by atoms with Gasteiger partial charge in [0.15, 0.2) is 0 Å². The molecule has 0 atom stereocenters. The quantitative estimate of drug-likeness (QED) is 0.711. The second-order valence-electron chi connectivity index (χ2n) is 6.40. The van der Waals surface area contributed by atoms with Gasteiger partial charge in [-0.2, -0.15) is 0 Å². The number of nitrogens with zero attached hydrogens (tertiary/aromatic N) is 2. The summed E-state index contributed by atoms with van der Waals surface area (Å²) < 4.78 is 0. The van der Waals surface area contributed by atoms with Gasteiger partial charge in [0.05, 0.1) is 0 Å². The van der Waals surface area contributed by atoms with Gasteiger partial charge in [0, 0.05) is 32.7 Å². The third kappa shape index (κ3) is 2.50. The summed E-state index contributed by atoms with van der Waals surface area (Å²) in [5.74, 6) is 0. The molecule has 0 amide bonds. The maximum Gasteiger partial charge on any atom is 0.0234 e. The molecule has 108 valence electrons. The van der Waals surface area contributed by atoms with E-state index in [1.807, 2.05) is 0 Å². The molecule has 1 heterocycles. The lowest BCUT2D eigenvalue weighted by Gasteiger charge is -2.32. The molecule has 0 spiro atoms. The maximum absolute atomic E-state index is 2.57. The Kier molecular flexibility index (Phi) is 3.28. The molecule has 2 heteroatoms. The third-order valence-corrected chi connectivity index (χ3v) is 4.86. The summed E-state index contributed by atoms with van der Waals surface area (Å²) in [4.78, 5) is 4.99. The van der Waals surface area contributed by atoms with E-state index in [1.54, 1.807) is 0 Å². The number of hydrogen-bond acceptors (Lipinski definition) is 2. The van der Waals surface area contributed by atoms with Crippen molar-refractivity contribution in [3.8, 4) is 11.1 Å². The summed E-state index contributed by atoms with van der Waals surface area (Å²) in [7, 11) is 2.21. The Morgan fingerprint density at radius 1 is 0.857 bits per heavy atom. The number of rotatable bonds is 2. The molecule has 2 aromatic carbocycles. The fraction of sp³-hybridized carbons (Fsp3) is 0.368. The van der Waals surface area contributed by atoms with Crippen molar-refractivity contribution in [3.63, 3.8) is 0 Å². The Hall–Kier alpha value is -1.64. The van der Waals surface area contributed by atoms with Crippen molar-refractivity contribution >= 4 is 0 Å². The van der Waals surface area contributed by atoms with Gasteiger partial charge in [-0.1, -0.05) is 42.5 Å². The van der Waals surface area contributed by atoms with Gasteiger partial charge in [-0.15, -0.1) is 0 Å². The molecule has 1 saturated heterocycles. The minimum atomic E-state index is 1.09. The van der Waals surface area contributed by atoms with Crippen LogP contribution in [0.3, 0.4) is 0 Å². The van der Waals surface area contributed by atoms with E-state index in [0.717, 1.165) is 13.0 Å². The first-order valence-electron chi connectivity index (χ1n) is 7.90. The molecule has 1 aliphatic carbocycles. The van der Waals surface area contributed by atoms with Crippen molar-refractivity contribution in [2.75, 3.05) is 33.2 Å². The Bertz CT molecular complexity index is 654. The van der Waals surface area contributed by atoms with E-state index in [9.17, 15) is 0 Å². The van der Waals surface area contributed by atoms with Gasteiger partial charge >= 0.3 is 0 Å². The van der Waals surface area contributed by atoms with Crippen molar-refractivity contribution in [2.45, 2.75) is 13.0 Å². The summed E-state index contributed by atoms with van der Waals surface area (Å²) in [6, 6.07) is 15.9. The Balaban J connectivity index is 1.53. The standard InChI is InChI=1S/C19H22N2/c1-20-8-10-21(11-9-20)14-15-6-7-19-17(12-15)13-16-4-2-3-5-18(16)19/h2-7,12H,8-11,13-14H2,1H3. The van der Waals surface area contributed by atoms with Gasteiger partial charge in [0.1, 0.15) is 0 Å². The van der Waals surface area contributed by atoms with Gasteiger partial charge in [-0.25, -0.2) is 0 Å². The average molecular weight is 278 g/mol. The molecule has 0 aromatic heterocycles. The van der Waals surface area contributed by atoms with Crippen molar-refractivity contribution in [3.05, 3.63) is 59.2 Å². The molecule has 0 radical (unpaired) electrons. The largest absolute Gasteiger partial charge is 0.304 e. The highest BCUT2D eigenvalue weighted by molar-refractivity contribution is 5.76. The van der Waals surface area contributed by atoms with Crippen LogP contribution in [-0.4, -0.2) is 43.0 Å². The SMILES string of the molecule is CN1CCN(Cc2ccc3c(c2)Cc2ccccc2-3)CC1. The van der Waals surface area contributed by atoms with E-state index in [4.69, 9.17) is 0 Å². The first-order chi connectivity index (χ1) is 10.3. The van der Waals surface area contributed by atoms with Crippen molar-refractivity contribution in [1.82, 2.24) is 9.80 Å². The number of benzene rings is 2. The Morgan fingerprint density at radius 2 is 1.62 bits per heavy atom. The zero-order chi connectivity index (χ0) is 14.2. The first kappa shape index (κ1) is 13.1. The summed E-state index contributed by atoms with van der Waals surface area (Å²) in [6.45, 7) is 5.85. The molecule has 21 heavy (non-hydrogen) atoms. The van der Waals surface area contributed by atoms with Crippen LogP contribution in [0.4, 0.5) is 0 Å². The van der Waals surface area contributed by atoms with Crippen LogP contribution >= 0.6 is 0 Å². The lowest BCUT2D eigenvalue weighted by atomic mass is 10.0. The molecule has 0 bridgehead atoms. The monoisotopic (exact) mass is 278 g/mol. The van der Waals surface area contributed by atoms with Crippen LogP contribution in [0.5, 0.6) is 0 Å². The Morgan fingerprint density at radius 3 is 2.48 bits per heavy atom. The highest BCUT2D eigenvalue weighted by atomic mass is 15.2. The summed E-state index contributed by atoms with van der Waals surface area (Å²) in [6.07, 6.45) is 1.10. The highest BCUT2D eigenvalue weighted by Gasteiger charge is 2.19. The van der Waals surface area contributed by atoms with Gasteiger partial charge in [-0.05, 0) is 41.3 Å². The lowest BCUT2D eigenvalue weighted by Crippen LogP contribution is -2.43. The van der Waals surface area contributed by atoms with Crippen LogP contribution in [0, 0.1) is 0 Å². The molecule has 4 rings (SSSR count). The molecule has 0 saturated carbocycles. The average Bonchev–Trinajstić information content (AvgIpc) is 2.87. The van der Waals surface area contributed by atoms with E-state index in [2.05, 4.69) is 59.3 Å². The van der Waals surface area contributed by atoms with Crippen LogP contribution in [0.25, 0.3) is 11.1 Å². The molecule has 1 aliphatic heterocycles. The maximum atomic E-state index is 2.57. The number of fused-ring (bicyclic) bond motifs is 3. The number of piperazine rings is 1. The second kappa shape index (κ2) is 5.28. The van der Waals surface area contributed by atoms with Gasteiger partial charge < -0.3 is 4.90 Å². The second-order valence-corrected chi connectivity index (χ2v) is 6.40. The third-order valence-electron chi connectivity index (χ3n) is 4.86. The molecular weight excluding hydrogens is 256 g/mol. The molecule has 0 N–H and O–H groups in total. The molecule has 1 fully saturated rings. The van der Waals surface area contributed by atoms with E-state index >= 15 is 0 Å². The highest BCUT2D eigenvalue weighted by Crippen LogP contribution is 2.36. The summed E-state index contributed by atoms with van der Waals surface area (Å²) in [5.41, 5.74) is 7.31. The number of likely N-dealkylation sites (N-methyl/N-ethyl adjacent to an activating group) is 1. The van der Waals surface area contributed by atoms with E-state index < -0.39 is 0 Å². The lowest BCUT2D eigenvalue weighted by molar-refractivity contribution is 0.148. The van der Waals surface area contributed by atoms with Gasteiger partial charge in [-0.3, -0.25) is 4.90 Å². The van der Waals surface area contributed by atoms with Gasteiger partial charge in [0.25, 0.3) is 0 Å². The number of hydrogen-bond donors (Lipinski definition) is 0.